The lowest BCUT2D eigenvalue weighted by Gasteiger charge is -1.97. The first-order valence-corrected chi connectivity index (χ1v) is 6.18. The summed E-state index contributed by atoms with van der Waals surface area (Å²) in [4.78, 5) is 8.34. The van der Waals surface area contributed by atoms with Crippen molar-refractivity contribution in [2.75, 3.05) is 0 Å². The largest absolute Gasteiger partial charge is 0.305 e. The van der Waals surface area contributed by atoms with E-state index in [4.69, 9.17) is 0 Å². The smallest absolute Gasteiger partial charge is 0.142 e. The number of halogens is 2. The zero-order chi connectivity index (χ0) is 12.7. The van der Waals surface area contributed by atoms with Crippen LogP contribution in [0.15, 0.2) is 41.4 Å². The highest BCUT2D eigenvalue weighted by Gasteiger charge is 2.08. The summed E-state index contributed by atoms with van der Waals surface area (Å²) in [7, 11) is 0. The topological polar surface area (TPSA) is 30.2 Å². The average Bonchev–Trinajstić information content (AvgIpc) is 2.73. The second-order valence-corrected chi connectivity index (χ2v) is 5.01. The lowest BCUT2D eigenvalue weighted by Crippen LogP contribution is -1.86. The number of pyridine rings is 2. The molecule has 0 atom stereocenters. The molecule has 0 aliphatic heterocycles. The Morgan fingerprint density at radius 1 is 1.22 bits per heavy atom. The van der Waals surface area contributed by atoms with Gasteiger partial charge in [0.15, 0.2) is 0 Å². The van der Waals surface area contributed by atoms with Crippen molar-refractivity contribution in [3.8, 4) is 11.3 Å². The molecule has 0 bridgehead atoms. The predicted octanol–water partition coefficient (Wildman–Crippen LogP) is 3.61. The van der Waals surface area contributed by atoms with E-state index in [1.165, 1.54) is 12.3 Å². The summed E-state index contributed by atoms with van der Waals surface area (Å²) in [6, 6.07) is 3.43. The molecule has 3 rings (SSSR count). The molecule has 0 aliphatic rings. The van der Waals surface area contributed by atoms with Gasteiger partial charge in [-0.1, -0.05) is 0 Å². The van der Waals surface area contributed by atoms with E-state index < -0.39 is 0 Å². The highest BCUT2D eigenvalue weighted by Crippen LogP contribution is 2.22. The summed E-state index contributed by atoms with van der Waals surface area (Å²) in [5.74, 6) is -0.359. The zero-order valence-electron chi connectivity index (χ0n) is 9.56. The van der Waals surface area contributed by atoms with E-state index in [1.807, 2.05) is 29.8 Å². The van der Waals surface area contributed by atoms with Gasteiger partial charge in [-0.15, -0.1) is 0 Å². The van der Waals surface area contributed by atoms with Gasteiger partial charge in [-0.3, -0.25) is 4.98 Å². The van der Waals surface area contributed by atoms with E-state index in [-0.39, 0.29) is 5.82 Å². The molecule has 18 heavy (non-hydrogen) atoms. The highest BCUT2D eigenvalue weighted by molar-refractivity contribution is 9.10. The minimum Gasteiger partial charge on any atom is -0.305 e. The third-order valence-corrected chi connectivity index (χ3v) is 3.14. The number of imidazole rings is 1. The molecule has 5 heteroatoms. The summed E-state index contributed by atoms with van der Waals surface area (Å²) in [6.07, 6.45) is 6.57. The molecule has 0 N–H and O–H groups in total. The van der Waals surface area contributed by atoms with Gasteiger partial charge in [0.2, 0.25) is 0 Å². The molecule has 3 aromatic heterocycles. The Morgan fingerprint density at radius 2 is 2.06 bits per heavy atom. The molecule has 0 aliphatic carbocycles. The Bertz CT molecular complexity index is 736. The normalized spacial score (nSPS) is 11.1. The van der Waals surface area contributed by atoms with E-state index in [9.17, 15) is 4.39 Å². The Labute approximate surface area is 111 Å². The number of hydrogen-bond donors (Lipinski definition) is 0. The molecule has 3 aromatic rings. The van der Waals surface area contributed by atoms with Crippen molar-refractivity contribution in [2.24, 2.45) is 0 Å². The summed E-state index contributed by atoms with van der Waals surface area (Å²) in [5.41, 5.74) is 3.30. The molecule has 0 radical (unpaired) electrons. The molecule has 0 aromatic carbocycles. The van der Waals surface area contributed by atoms with E-state index in [0.717, 1.165) is 15.7 Å². The minimum absolute atomic E-state index is 0.359. The summed E-state index contributed by atoms with van der Waals surface area (Å²) < 4.78 is 16.0. The van der Waals surface area contributed by atoms with Gasteiger partial charge in [0.25, 0.3) is 0 Å². The van der Waals surface area contributed by atoms with Crippen LogP contribution in [0.2, 0.25) is 0 Å². The van der Waals surface area contributed by atoms with Crippen molar-refractivity contribution in [2.45, 2.75) is 6.92 Å². The first-order valence-electron chi connectivity index (χ1n) is 5.39. The van der Waals surface area contributed by atoms with Crippen molar-refractivity contribution < 1.29 is 4.39 Å². The number of rotatable bonds is 1. The number of aryl methyl sites for hydroxylation is 1. The first kappa shape index (κ1) is 11.3. The second kappa shape index (κ2) is 4.17. The monoisotopic (exact) mass is 305 g/mol. The number of aromatic nitrogens is 3. The fraction of sp³-hybridized carbons (Fsp3) is 0.0769. The van der Waals surface area contributed by atoms with E-state index in [2.05, 4.69) is 25.9 Å². The molecule has 3 heterocycles. The highest BCUT2D eigenvalue weighted by atomic mass is 79.9. The van der Waals surface area contributed by atoms with Crippen LogP contribution in [0.3, 0.4) is 0 Å². The minimum atomic E-state index is -0.359. The third kappa shape index (κ3) is 1.90. The SMILES string of the molecule is Cc1cc(Br)cn2cc(-c3cncc(F)c3)nc12. The Kier molecular flexibility index (Phi) is 2.63. The van der Waals surface area contributed by atoms with Crippen LogP contribution in [0.1, 0.15) is 5.56 Å². The van der Waals surface area contributed by atoms with Crippen LogP contribution in [0, 0.1) is 12.7 Å². The van der Waals surface area contributed by atoms with Crippen molar-refractivity contribution in [1.82, 2.24) is 14.4 Å². The van der Waals surface area contributed by atoms with E-state index in [0.29, 0.717) is 11.3 Å². The summed E-state index contributed by atoms with van der Waals surface area (Å²) >= 11 is 3.44. The van der Waals surface area contributed by atoms with E-state index >= 15 is 0 Å². The van der Waals surface area contributed by atoms with Crippen LogP contribution in [0.25, 0.3) is 16.9 Å². The van der Waals surface area contributed by atoms with Crippen LogP contribution in [-0.4, -0.2) is 14.4 Å². The maximum Gasteiger partial charge on any atom is 0.142 e. The molecule has 0 fully saturated rings. The standard InChI is InChI=1S/C13H9BrFN3/c1-8-2-10(14)6-18-7-12(17-13(8)18)9-3-11(15)5-16-4-9/h2-7H,1H3. The molecular weight excluding hydrogens is 297 g/mol. The summed E-state index contributed by atoms with van der Waals surface area (Å²) in [6.45, 7) is 1.99. The van der Waals surface area contributed by atoms with E-state index in [1.54, 1.807) is 6.20 Å². The van der Waals surface area contributed by atoms with Gasteiger partial charge in [0.1, 0.15) is 11.5 Å². The van der Waals surface area contributed by atoms with Crippen molar-refractivity contribution >= 4 is 21.6 Å². The number of nitrogens with zero attached hydrogens (tertiary/aromatic N) is 3. The Balaban J connectivity index is 2.22. The van der Waals surface area contributed by atoms with Crippen LogP contribution < -0.4 is 0 Å². The zero-order valence-corrected chi connectivity index (χ0v) is 11.1. The first-order chi connectivity index (χ1) is 8.63. The third-order valence-electron chi connectivity index (χ3n) is 2.70. The Morgan fingerprint density at radius 3 is 2.83 bits per heavy atom. The predicted molar refractivity (Wildman–Crippen MR) is 70.8 cm³/mol. The lowest BCUT2D eigenvalue weighted by atomic mass is 10.2. The number of hydrogen-bond acceptors (Lipinski definition) is 2. The molecular formula is C13H9BrFN3. The fourth-order valence-corrected chi connectivity index (χ4v) is 2.48. The molecule has 0 saturated carbocycles. The molecule has 0 unspecified atom stereocenters. The van der Waals surface area contributed by atoms with Crippen LogP contribution in [-0.2, 0) is 0 Å². The fourth-order valence-electron chi connectivity index (χ4n) is 1.92. The van der Waals surface area contributed by atoms with Crippen LogP contribution in [0.5, 0.6) is 0 Å². The maximum absolute atomic E-state index is 13.1. The lowest BCUT2D eigenvalue weighted by molar-refractivity contribution is 0.622. The van der Waals surface area contributed by atoms with Crippen LogP contribution >= 0.6 is 15.9 Å². The van der Waals surface area contributed by atoms with Gasteiger partial charge >= 0.3 is 0 Å². The van der Waals surface area contributed by atoms with Gasteiger partial charge in [0, 0.05) is 28.6 Å². The van der Waals surface area contributed by atoms with Gasteiger partial charge in [-0.05, 0) is 40.5 Å². The number of fused-ring (bicyclic) bond motifs is 1. The van der Waals surface area contributed by atoms with Crippen molar-refractivity contribution in [3.63, 3.8) is 0 Å². The van der Waals surface area contributed by atoms with Gasteiger partial charge in [0.05, 0.1) is 11.9 Å². The van der Waals surface area contributed by atoms with Crippen molar-refractivity contribution in [1.29, 1.82) is 0 Å². The molecule has 0 spiro atoms. The van der Waals surface area contributed by atoms with Gasteiger partial charge in [-0.25, -0.2) is 9.37 Å². The summed E-state index contributed by atoms with van der Waals surface area (Å²) in [5, 5.41) is 0. The molecule has 0 saturated heterocycles. The Hall–Kier alpha value is -1.75. The van der Waals surface area contributed by atoms with Crippen molar-refractivity contribution in [3.05, 3.63) is 52.8 Å². The maximum atomic E-state index is 13.1. The van der Waals surface area contributed by atoms with Crippen LogP contribution in [0.4, 0.5) is 4.39 Å². The van der Waals surface area contributed by atoms with Gasteiger partial charge in [-0.2, -0.15) is 0 Å². The quantitative estimate of drug-likeness (QED) is 0.687. The molecule has 90 valence electrons. The second-order valence-electron chi connectivity index (χ2n) is 4.09. The average molecular weight is 306 g/mol. The molecule has 0 amide bonds. The molecule has 3 nitrogen and oxygen atoms in total. The van der Waals surface area contributed by atoms with Gasteiger partial charge < -0.3 is 4.40 Å².